The van der Waals surface area contributed by atoms with Crippen LogP contribution < -0.4 is 5.32 Å². The predicted molar refractivity (Wildman–Crippen MR) is 110 cm³/mol. The fourth-order valence-corrected chi connectivity index (χ4v) is 4.26. The van der Waals surface area contributed by atoms with Gasteiger partial charge in [0.05, 0.1) is 0 Å². The molecule has 1 aliphatic heterocycles. The Labute approximate surface area is 161 Å². The smallest absolute Gasteiger partial charge is 0.254 e. The van der Waals surface area contributed by atoms with E-state index in [1.165, 1.54) is 10.5 Å². The zero-order valence-electron chi connectivity index (χ0n) is 15.5. The highest BCUT2D eigenvalue weighted by Gasteiger charge is 2.25. The van der Waals surface area contributed by atoms with Gasteiger partial charge in [-0.25, -0.2) is 0 Å². The van der Waals surface area contributed by atoms with Crippen LogP contribution in [0.1, 0.15) is 42.1 Å². The molecule has 1 heterocycles. The Morgan fingerprint density at radius 3 is 2.42 bits per heavy atom. The lowest BCUT2D eigenvalue weighted by Crippen LogP contribution is -2.46. The topological polar surface area (TPSA) is 32.3 Å². The van der Waals surface area contributed by atoms with Crippen LogP contribution in [0.2, 0.25) is 0 Å². The lowest BCUT2D eigenvalue weighted by atomic mass is 10.0. The molecule has 1 amide bonds. The fourth-order valence-electron chi connectivity index (χ4n) is 3.41. The lowest BCUT2D eigenvalue weighted by molar-refractivity contribution is 0.0642. The molecule has 1 saturated heterocycles. The second kappa shape index (κ2) is 9.79. The summed E-state index contributed by atoms with van der Waals surface area (Å²) in [6.07, 6.45) is 3.11. The summed E-state index contributed by atoms with van der Waals surface area (Å²) in [7, 11) is 0. The van der Waals surface area contributed by atoms with Crippen LogP contribution in [0.3, 0.4) is 0 Å². The van der Waals surface area contributed by atoms with Gasteiger partial charge in [-0.05, 0) is 62.2 Å². The standard InChI is InChI=1S/C22H28N2OS/c1-2-16-24(20-12-14-23-15-13-20)22(25)19-8-10-21(11-9-19)26-17-18-6-4-3-5-7-18/h3-11,20,23H,2,12-17H2,1H3. The van der Waals surface area contributed by atoms with Crippen LogP contribution in [-0.2, 0) is 5.75 Å². The van der Waals surface area contributed by atoms with E-state index in [1.54, 1.807) is 0 Å². The summed E-state index contributed by atoms with van der Waals surface area (Å²) in [6.45, 7) is 5.00. The minimum atomic E-state index is 0.179. The number of hydrogen-bond donors (Lipinski definition) is 1. The van der Waals surface area contributed by atoms with Crippen molar-refractivity contribution in [3.05, 3.63) is 65.7 Å². The van der Waals surface area contributed by atoms with Gasteiger partial charge in [0.2, 0.25) is 0 Å². The van der Waals surface area contributed by atoms with E-state index in [0.29, 0.717) is 6.04 Å². The van der Waals surface area contributed by atoms with Gasteiger partial charge in [-0.2, -0.15) is 0 Å². The summed E-state index contributed by atoms with van der Waals surface area (Å²) >= 11 is 1.81. The molecule has 1 fully saturated rings. The second-order valence-electron chi connectivity index (χ2n) is 6.78. The molecule has 0 atom stereocenters. The van der Waals surface area contributed by atoms with Gasteiger partial charge in [-0.15, -0.1) is 11.8 Å². The molecule has 0 radical (unpaired) electrons. The first-order valence-corrected chi connectivity index (χ1v) is 10.5. The molecular formula is C22H28N2OS. The van der Waals surface area contributed by atoms with E-state index in [1.807, 2.05) is 30.0 Å². The molecular weight excluding hydrogens is 340 g/mol. The lowest BCUT2D eigenvalue weighted by Gasteiger charge is -2.34. The molecule has 1 N–H and O–H groups in total. The maximum Gasteiger partial charge on any atom is 0.254 e. The normalized spacial score (nSPS) is 15.0. The Kier molecular flexibility index (Phi) is 7.15. The van der Waals surface area contributed by atoms with E-state index in [-0.39, 0.29) is 5.91 Å². The quantitative estimate of drug-likeness (QED) is 0.726. The van der Waals surface area contributed by atoms with Crippen LogP contribution in [0.4, 0.5) is 0 Å². The highest BCUT2D eigenvalue weighted by Crippen LogP contribution is 2.24. The molecule has 0 aliphatic carbocycles. The molecule has 138 valence electrons. The van der Waals surface area contributed by atoms with Crippen molar-refractivity contribution in [2.45, 2.75) is 42.9 Å². The Morgan fingerprint density at radius 2 is 1.77 bits per heavy atom. The molecule has 0 aromatic heterocycles. The van der Waals surface area contributed by atoms with Crippen LogP contribution in [0.15, 0.2) is 59.5 Å². The number of nitrogens with zero attached hydrogens (tertiary/aromatic N) is 1. The van der Waals surface area contributed by atoms with Gasteiger partial charge in [0.25, 0.3) is 5.91 Å². The average Bonchev–Trinajstić information content (AvgIpc) is 2.72. The highest BCUT2D eigenvalue weighted by molar-refractivity contribution is 7.98. The largest absolute Gasteiger partial charge is 0.336 e. The third-order valence-corrected chi connectivity index (χ3v) is 5.91. The summed E-state index contributed by atoms with van der Waals surface area (Å²) < 4.78 is 0. The minimum absolute atomic E-state index is 0.179. The van der Waals surface area contributed by atoms with Crippen LogP contribution >= 0.6 is 11.8 Å². The van der Waals surface area contributed by atoms with Gasteiger partial charge in [0, 0.05) is 28.8 Å². The summed E-state index contributed by atoms with van der Waals surface area (Å²) in [4.78, 5) is 16.3. The van der Waals surface area contributed by atoms with E-state index in [2.05, 4.69) is 53.5 Å². The van der Waals surface area contributed by atoms with Crippen molar-refractivity contribution >= 4 is 17.7 Å². The fraction of sp³-hybridized carbons (Fsp3) is 0.409. The molecule has 3 rings (SSSR count). The third kappa shape index (κ3) is 5.12. The summed E-state index contributed by atoms with van der Waals surface area (Å²) in [5.41, 5.74) is 2.12. The average molecular weight is 369 g/mol. The van der Waals surface area contributed by atoms with Gasteiger partial charge in [0.15, 0.2) is 0 Å². The number of hydrogen-bond acceptors (Lipinski definition) is 3. The first-order valence-electron chi connectivity index (χ1n) is 9.56. The maximum atomic E-state index is 13.0. The molecule has 0 unspecified atom stereocenters. The van der Waals surface area contributed by atoms with Crippen molar-refractivity contribution in [1.82, 2.24) is 10.2 Å². The first kappa shape index (κ1) is 19.0. The number of carbonyl (C=O) groups is 1. The van der Waals surface area contributed by atoms with Gasteiger partial charge >= 0.3 is 0 Å². The van der Waals surface area contributed by atoms with Crippen LogP contribution in [0.25, 0.3) is 0 Å². The molecule has 26 heavy (non-hydrogen) atoms. The monoisotopic (exact) mass is 368 g/mol. The number of piperidine rings is 1. The van der Waals surface area contributed by atoms with Crippen LogP contribution in [-0.4, -0.2) is 36.5 Å². The second-order valence-corrected chi connectivity index (χ2v) is 7.83. The Bertz CT molecular complexity index is 681. The highest BCUT2D eigenvalue weighted by atomic mass is 32.2. The molecule has 1 aliphatic rings. The first-order chi connectivity index (χ1) is 12.8. The van der Waals surface area contributed by atoms with Gasteiger partial charge in [0.1, 0.15) is 0 Å². The third-order valence-electron chi connectivity index (χ3n) is 4.82. The van der Waals surface area contributed by atoms with E-state index in [0.717, 1.165) is 50.2 Å². The van der Waals surface area contributed by atoms with E-state index >= 15 is 0 Å². The Hall–Kier alpha value is -1.78. The Morgan fingerprint density at radius 1 is 1.08 bits per heavy atom. The molecule has 2 aromatic carbocycles. The number of benzene rings is 2. The summed E-state index contributed by atoms with van der Waals surface area (Å²) in [6, 6.07) is 19.0. The number of nitrogens with one attached hydrogen (secondary N) is 1. The molecule has 4 heteroatoms. The molecule has 3 nitrogen and oxygen atoms in total. The van der Waals surface area contributed by atoms with Crippen LogP contribution in [0, 0.1) is 0 Å². The number of thioether (sulfide) groups is 1. The minimum Gasteiger partial charge on any atom is -0.336 e. The molecule has 0 spiro atoms. The predicted octanol–water partition coefficient (Wildman–Crippen LogP) is 4.58. The van der Waals surface area contributed by atoms with Crippen molar-refractivity contribution in [2.75, 3.05) is 19.6 Å². The van der Waals surface area contributed by atoms with Gasteiger partial charge < -0.3 is 10.2 Å². The van der Waals surface area contributed by atoms with Gasteiger partial charge in [-0.1, -0.05) is 37.3 Å². The molecule has 0 bridgehead atoms. The molecule has 2 aromatic rings. The van der Waals surface area contributed by atoms with Gasteiger partial charge in [-0.3, -0.25) is 4.79 Å². The SMILES string of the molecule is CCCN(C(=O)c1ccc(SCc2ccccc2)cc1)C1CCNCC1. The van der Waals surface area contributed by atoms with E-state index < -0.39 is 0 Å². The number of amides is 1. The summed E-state index contributed by atoms with van der Waals surface area (Å²) in [5, 5.41) is 3.38. The zero-order valence-corrected chi connectivity index (χ0v) is 16.3. The van der Waals surface area contributed by atoms with Crippen molar-refractivity contribution in [2.24, 2.45) is 0 Å². The molecule has 0 saturated carbocycles. The summed E-state index contributed by atoms with van der Waals surface area (Å²) in [5.74, 6) is 1.13. The van der Waals surface area contributed by atoms with Crippen molar-refractivity contribution < 1.29 is 4.79 Å². The number of carbonyl (C=O) groups excluding carboxylic acids is 1. The van der Waals surface area contributed by atoms with Crippen molar-refractivity contribution in [3.63, 3.8) is 0 Å². The van der Waals surface area contributed by atoms with E-state index in [9.17, 15) is 4.79 Å². The van der Waals surface area contributed by atoms with Crippen LogP contribution in [0.5, 0.6) is 0 Å². The number of rotatable bonds is 7. The van der Waals surface area contributed by atoms with Crippen molar-refractivity contribution in [3.8, 4) is 0 Å². The Balaban J connectivity index is 1.63. The van der Waals surface area contributed by atoms with Crippen molar-refractivity contribution in [1.29, 1.82) is 0 Å². The maximum absolute atomic E-state index is 13.0. The zero-order chi connectivity index (χ0) is 18.2. The van der Waals surface area contributed by atoms with E-state index in [4.69, 9.17) is 0 Å².